The topological polar surface area (TPSA) is 20.3 Å². The van der Waals surface area contributed by atoms with Gasteiger partial charge in [0.15, 0.2) is 0 Å². The van der Waals surface area contributed by atoms with Crippen LogP contribution in [0.3, 0.4) is 0 Å². The van der Waals surface area contributed by atoms with Crippen LogP contribution in [0.15, 0.2) is 35.7 Å². The van der Waals surface area contributed by atoms with Gasteiger partial charge in [0.25, 0.3) is 5.91 Å². The first kappa shape index (κ1) is 15.1. The van der Waals surface area contributed by atoms with Crippen LogP contribution in [0.5, 0.6) is 0 Å². The second-order valence-corrected chi connectivity index (χ2v) is 8.09. The fraction of sp³-hybridized carbons (Fsp3) is 0.235. The maximum Gasteiger partial charge on any atom is 0.266 e. The minimum absolute atomic E-state index is 0.0486. The van der Waals surface area contributed by atoms with Gasteiger partial charge in [0.1, 0.15) is 10.7 Å². The van der Waals surface area contributed by atoms with Crippen LogP contribution in [0.25, 0.3) is 10.1 Å². The lowest BCUT2D eigenvalue weighted by molar-refractivity contribution is 0.0737. The molecule has 1 aliphatic rings. The molecular formula is C17H13ClFNOS2. The van der Waals surface area contributed by atoms with E-state index in [0.29, 0.717) is 27.2 Å². The Hall–Kier alpha value is -1.43. The van der Waals surface area contributed by atoms with Crippen molar-refractivity contribution < 1.29 is 9.18 Å². The highest BCUT2D eigenvalue weighted by Gasteiger charge is 2.35. The predicted octanol–water partition coefficient (Wildman–Crippen LogP) is 5.56. The van der Waals surface area contributed by atoms with E-state index in [-0.39, 0.29) is 11.7 Å². The van der Waals surface area contributed by atoms with E-state index in [1.807, 2.05) is 22.4 Å². The van der Waals surface area contributed by atoms with Gasteiger partial charge in [0.2, 0.25) is 0 Å². The number of hydrogen-bond donors (Lipinski definition) is 0. The Morgan fingerprint density at radius 1 is 1.35 bits per heavy atom. The number of rotatable bonds is 4. The number of amides is 1. The van der Waals surface area contributed by atoms with Gasteiger partial charge in [-0.3, -0.25) is 4.79 Å². The minimum atomic E-state index is -0.313. The summed E-state index contributed by atoms with van der Waals surface area (Å²) in [6.07, 6.45) is 2.07. The molecule has 1 saturated carbocycles. The van der Waals surface area contributed by atoms with E-state index in [0.717, 1.165) is 23.1 Å². The quantitative estimate of drug-likeness (QED) is 0.592. The van der Waals surface area contributed by atoms with Crippen molar-refractivity contribution in [3.63, 3.8) is 0 Å². The van der Waals surface area contributed by atoms with Crippen LogP contribution in [-0.2, 0) is 6.54 Å². The van der Waals surface area contributed by atoms with E-state index >= 15 is 0 Å². The van der Waals surface area contributed by atoms with Gasteiger partial charge in [-0.05, 0) is 42.5 Å². The zero-order chi connectivity index (χ0) is 16.0. The first-order chi connectivity index (χ1) is 11.1. The molecule has 23 heavy (non-hydrogen) atoms. The van der Waals surface area contributed by atoms with Crippen LogP contribution in [0.4, 0.5) is 4.39 Å². The number of carbonyl (C=O) groups is 1. The van der Waals surface area contributed by atoms with E-state index in [9.17, 15) is 9.18 Å². The lowest BCUT2D eigenvalue weighted by Crippen LogP contribution is -2.31. The zero-order valence-corrected chi connectivity index (χ0v) is 14.5. The van der Waals surface area contributed by atoms with Crippen LogP contribution in [-0.4, -0.2) is 16.8 Å². The third-order valence-corrected chi connectivity index (χ3v) is 6.45. The molecule has 2 nitrogen and oxygen atoms in total. The second-order valence-electron chi connectivity index (χ2n) is 5.63. The Balaban J connectivity index is 1.70. The molecule has 6 heteroatoms. The van der Waals surface area contributed by atoms with Crippen molar-refractivity contribution in [2.24, 2.45) is 0 Å². The molecule has 2 heterocycles. The summed E-state index contributed by atoms with van der Waals surface area (Å²) in [4.78, 5) is 16.6. The monoisotopic (exact) mass is 365 g/mol. The van der Waals surface area contributed by atoms with Gasteiger partial charge in [-0.2, -0.15) is 0 Å². The molecule has 3 aromatic rings. The fourth-order valence-electron chi connectivity index (χ4n) is 2.63. The van der Waals surface area contributed by atoms with Gasteiger partial charge in [-0.1, -0.05) is 17.7 Å². The molecule has 0 N–H and O–H groups in total. The van der Waals surface area contributed by atoms with Crippen molar-refractivity contribution >= 4 is 50.3 Å². The van der Waals surface area contributed by atoms with Crippen molar-refractivity contribution in [3.8, 4) is 0 Å². The first-order valence-corrected chi connectivity index (χ1v) is 9.42. The standard InChI is InChI=1S/C17H13ClFNOS2/c18-15-13-6-3-10(19)8-14(13)23-16(15)17(21)20(11-4-5-11)9-12-2-1-7-22-12/h1-3,6-8,11H,4-5,9H2. The molecule has 0 aliphatic heterocycles. The van der Waals surface area contributed by atoms with Crippen LogP contribution in [0, 0.1) is 5.82 Å². The molecule has 1 aliphatic carbocycles. The average molecular weight is 366 g/mol. The smallest absolute Gasteiger partial charge is 0.266 e. The number of carbonyl (C=O) groups excluding carboxylic acids is 1. The van der Waals surface area contributed by atoms with E-state index in [1.54, 1.807) is 17.4 Å². The van der Waals surface area contributed by atoms with Crippen molar-refractivity contribution in [2.75, 3.05) is 0 Å². The van der Waals surface area contributed by atoms with Gasteiger partial charge < -0.3 is 4.90 Å². The zero-order valence-electron chi connectivity index (χ0n) is 12.1. The molecule has 0 saturated heterocycles. The SMILES string of the molecule is O=C(c1sc2cc(F)ccc2c1Cl)N(Cc1cccs1)C1CC1. The lowest BCUT2D eigenvalue weighted by atomic mass is 10.2. The summed E-state index contributed by atoms with van der Waals surface area (Å²) in [6, 6.07) is 8.77. The van der Waals surface area contributed by atoms with E-state index < -0.39 is 0 Å². The first-order valence-electron chi connectivity index (χ1n) is 7.34. The Bertz CT molecular complexity index is 870. The summed E-state index contributed by atoms with van der Waals surface area (Å²) in [7, 11) is 0. The molecule has 4 rings (SSSR count). The molecule has 0 spiro atoms. The lowest BCUT2D eigenvalue weighted by Gasteiger charge is -2.21. The summed E-state index contributed by atoms with van der Waals surface area (Å²) < 4.78 is 14.1. The molecule has 1 amide bonds. The highest BCUT2D eigenvalue weighted by molar-refractivity contribution is 7.21. The van der Waals surface area contributed by atoms with Gasteiger partial charge in [0, 0.05) is 21.0 Å². The summed E-state index contributed by atoms with van der Waals surface area (Å²) in [5.74, 6) is -0.362. The molecule has 1 aromatic carbocycles. The molecule has 0 atom stereocenters. The molecule has 0 unspecified atom stereocenters. The van der Waals surface area contributed by atoms with E-state index in [2.05, 4.69) is 0 Å². The Morgan fingerprint density at radius 2 is 2.17 bits per heavy atom. The maximum absolute atomic E-state index is 13.4. The van der Waals surface area contributed by atoms with Crippen molar-refractivity contribution in [1.82, 2.24) is 4.90 Å². The van der Waals surface area contributed by atoms with Gasteiger partial charge in [-0.25, -0.2) is 4.39 Å². The summed E-state index contributed by atoms with van der Waals surface area (Å²) in [5, 5.41) is 3.19. The highest BCUT2D eigenvalue weighted by Crippen LogP contribution is 2.39. The van der Waals surface area contributed by atoms with Crippen LogP contribution in [0.1, 0.15) is 27.4 Å². The van der Waals surface area contributed by atoms with Crippen LogP contribution >= 0.6 is 34.3 Å². The second kappa shape index (κ2) is 5.89. The van der Waals surface area contributed by atoms with E-state index in [1.165, 1.54) is 23.5 Å². The molecule has 2 aromatic heterocycles. The summed E-state index contributed by atoms with van der Waals surface area (Å²) in [5.41, 5.74) is 0. The number of thiophene rings is 2. The Morgan fingerprint density at radius 3 is 2.87 bits per heavy atom. The number of benzene rings is 1. The van der Waals surface area contributed by atoms with Crippen molar-refractivity contribution in [1.29, 1.82) is 0 Å². The molecule has 0 radical (unpaired) electrons. The number of fused-ring (bicyclic) bond motifs is 1. The third-order valence-electron chi connectivity index (χ3n) is 3.94. The number of hydrogen-bond acceptors (Lipinski definition) is 3. The molecule has 0 bridgehead atoms. The highest BCUT2D eigenvalue weighted by atomic mass is 35.5. The largest absolute Gasteiger partial charge is 0.330 e. The number of halogens is 2. The van der Waals surface area contributed by atoms with Crippen molar-refractivity contribution in [3.05, 3.63) is 56.3 Å². The van der Waals surface area contributed by atoms with Crippen LogP contribution in [0.2, 0.25) is 5.02 Å². The van der Waals surface area contributed by atoms with Gasteiger partial charge in [0.05, 0.1) is 11.6 Å². The predicted molar refractivity (Wildman–Crippen MR) is 94.0 cm³/mol. The molecule has 118 valence electrons. The Labute approximate surface area is 146 Å². The number of nitrogens with zero attached hydrogens (tertiary/aromatic N) is 1. The summed E-state index contributed by atoms with van der Waals surface area (Å²) >= 11 is 9.32. The van der Waals surface area contributed by atoms with Crippen LogP contribution < -0.4 is 0 Å². The maximum atomic E-state index is 13.4. The normalized spacial score (nSPS) is 14.3. The van der Waals surface area contributed by atoms with Gasteiger partial charge in [-0.15, -0.1) is 22.7 Å². The Kier molecular flexibility index (Phi) is 3.87. The van der Waals surface area contributed by atoms with E-state index in [4.69, 9.17) is 11.6 Å². The van der Waals surface area contributed by atoms with Crippen molar-refractivity contribution in [2.45, 2.75) is 25.4 Å². The van der Waals surface area contributed by atoms with Gasteiger partial charge >= 0.3 is 0 Å². The molecular weight excluding hydrogens is 353 g/mol. The summed E-state index contributed by atoms with van der Waals surface area (Å²) in [6.45, 7) is 0.611. The average Bonchev–Trinajstić information content (AvgIpc) is 3.15. The minimum Gasteiger partial charge on any atom is -0.330 e. The molecule has 1 fully saturated rings. The third kappa shape index (κ3) is 2.89. The fourth-order valence-corrected chi connectivity index (χ4v) is 4.83.